The van der Waals surface area contributed by atoms with Gasteiger partial charge in [0.2, 0.25) is 0 Å². The molecular formula is C27H38O2Si. The first-order chi connectivity index (χ1) is 14.2. The summed E-state index contributed by atoms with van der Waals surface area (Å²) in [6.45, 7) is 14.5. The number of fused-ring (bicyclic) bond motifs is 1. The van der Waals surface area contributed by atoms with Gasteiger partial charge in [0.05, 0.1) is 22.3 Å². The van der Waals surface area contributed by atoms with Crippen LogP contribution in [-0.4, -0.2) is 22.3 Å². The first kappa shape index (κ1) is 22.7. The van der Waals surface area contributed by atoms with Crippen molar-refractivity contribution in [1.29, 1.82) is 0 Å². The van der Waals surface area contributed by atoms with E-state index in [4.69, 9.17) is 9.47 Å². The van der Waals surface area contributed by atoms with E-state index >= 15 is 0 Å². The maximum atomic E-state index is 5.94. The minimum absolute atomic E-state index is 0.160. The van der Waals surface area contributed by atoms with Gasteiger partial charge in [0.25, 0.3) is 0 Å². The topological polar surface area (TPSA) is 18.5 Å². The van der Waals surface area contributed by atoms with Crippen molar-refractivity contribution < 1.29 is 9.47 Å². The molecule has 2 nitrogen and oxygen atoms in total. The molecule has 1 aliphatic rings. The van der Waals surface area contributed by atoms with Crippen LogP contribution < -0.4 is 9.47 Å². The highest BCUT2D eigenvalue weighted by Gasteiger charge is 2.44. The van der Waals surface area contributed by atoms with Crippen molar-refractivity contribution in [2.24, 2.45) is 0 Å². The zero-order valence-corrected chi connectivity index (χ0v) is 21.1. The van der Waals surface area contributed by atoms with E-state index in [-0.39, 0.29) is 5.41 Å². The molecule has 0 N–H and O–H groups in total. The SMILES string of the molecule is CCCCc1c(OC)ccc(OC)c1C(C)(C)C1=Cc2ccccc2C1[Si](C)(C)C. The Morgan fingerprint density at radius 1 is 0.933 bits per heavy atom. The van der Waals surface area contributed by atoms with Gasteiger partial charge in [-0.2, -0.15) is 0 Å². The molecule has 1 aliphatic carbocycles. The summed E-state index contributed by atoms with van der Waals surface area (Å²) < 4.78 is 11.8. The Bertz CT molecular complexity index is 934. The molecule has 30 heavy (non-hydrogen) atoms. The van der Waals surface area contributed by atoms with Crippen LogP contribution in [0.25, 0.3) is 6.08 Å². The zero-order chi connectivity index (χ0) is 22.1. The fourth-order valence-corrected chi connectivity index (χ4v) is 7.77. The van der Waals surface area contributed by atoms with Crippen LogP contribution in [0.3, 0.4) is 0 Å². The third-order valence-corrected chi connectivity index (χ3v) is 8.95. The Morgan fingerprint density at radius 2 is 1.57 bits per heavy atom. The molecule has 2 aromatic carbocycles. The van der Waals surface area contributed by atoms with Gasteiger partial charge in [-0.05, 0) is 36.1 Å². The predicted molar refractivity (Wildman–Crippen MR) is 132 cm³/mol. The molecule has 1 unspecified atom stereocenters. The molecule has 162 valence electrons. The lowest BCUT2D eigenvalue weighted by atomic mass is 9.73. The van der Waals surface area contributed by atoms with E-state index in [9.17, 15) is 0 Å². The molecule has 0 fully saturated rings. The van der Waals surface area contributed by atoms with E-state index in [0.29, 0.717) is 5.54 Å². The highest BCUT2D eigenvalue weighted by atomic mass is 28.3. The maximum absolute atomic E-state index is 5.94. The van der Waals surface area contributed by atoms with E-state index in [2.05, 4.69) is 82.9 Å². The van der Waals surface area contributed by atoms with Gasteiger partial charge in [-0.3, -0.25) is 0 Å². The first-order valence-electron chi connectivity index (χ1n) is 11.2. The normalized spacial score (nSPS) is 16.3. The molecule has 0 heterocycles. The van der Waals surface area contributed by atoms with E-state index < -0.39 is 8.07 Å². The number of hydrogen-bond acceptors (Lipinski definition) is 2. The van der Waals surface area contributed by atoms with Gasteiger partial charge < -0.3 is 9.47 Å². The van der Waals surface area contributed by atoms with E-state index in [1.807, 2.05) is 0 Å². The van der Waals surface area contributed by atoms with Gasteiger partial charge in [-0.25, -0.2) is 0 Å². The molecule has 0 bridgehead atoms. The van der Waals surface area contributed by atoms with Crippen molar-refractivity contribution in [3.63, 3.8) is 0 Å². The molecule has 0 spiro atoms. The summed E-state index contributed by atoms with van der Waals surface area (Å²) in [7, 11) is 2.06. The molecule has 0 radical (unpaired) electrons. The van der Waals surface area contributed by atoms with Gasteiger partial charge in [-0.1, -0.05) is 82.7 Å². The number of hydrogen-bond donors (Lipinski definition) is 0. The van der Waals surface area contributed by atoms with Gasteiger partial charge in [0, 0.05) is 22.1 Å². The average molecular weight is 423 g/mol. The van der Waals surface area contributed by atoms with Crippen molar-refractivity contribution in [2.75, 3.05) is 14.2 Å². The van der Waals surface area contributed by atoms with Crippen LogP contribution in [0, 0.1) is 0 Å². The highest BCUT2D eigenvalue weighted by molar-refractivity contribution is 6.78. The Balaban J connectivity index is 2.24. The Hall–Kier alpha value is -2.00. The largest absolute Gasteiger partial charge is 0.496 e. The number of ether oxygens (including phenoxy) is 2. The molecule has 0 amide bonds. The molecule has 0 saturated heterocycles. The fourth-order valence-electron chi connectivity index (χ4n) is 5.20. The second-order valence-electron chi connectivity index (χ2n) is 10.1. The van der Waals surface area contributed by atoms with Crippen LogP contribution in [0.1, 0.15) is 61.4 Å². The molecule has 3 heteroatoms. The standard InChI is InChI=1S/C27H38O2Si/c1-9-10-14-21-23(28-4)16-17-24(29-5)25(21)27(2,3)22-18-19-13-11-12-15-20(19)26(22)30(6,7)8/h11-13,15-18,26H,9-10,14H2,1-8H3. The number of benzene rings is 2. The summed E-state index contributed by atoms with van der Waals surface area (Å²) in [4.78, 5) is 0. The summed E-state index contributed by atoms with van der Waals surface area (Å²) >= 11 is 0. The van der Waals surface area contributed by atoms with Crippen molar-refractivity contribution in [3.8, 4) is 11.5 Å². The summed E-state index contributed by atoms with van der Waals surface area (Å²) in [6, 6.07) is 13.1. The van der Waals surface area contributed by atoms with Gasteiger partial charge in [-0.15, -0.1) is 0 Å². The molecule has 2 aromatic rings. The van der Waals surface area contributed by atoms with E-state index in [1.165, 1.54) is 27.8 Å². The summed E-state index contributed by atoms with van der Waals surface area (Å²) in [5.74, 6) is 1.95. The lowest BCUT2D eigenvalue weighted by Gasteiger charge is -2.39. The van der Waals surface area contributed by atoms with Crippen LogP contribution in [0.2, 0.25) is 19.6 Å². The minimum atomic E-state index is -1.51. The van der Waals surface area contributed by atoms with Crippen LogP contribution in [0.15, 0.2) is 42.0 Å². The van der Waals surface area contributed by atoms with Crippen LogP contribution in [-0.2, 0) is 11.8 Å². The highest BCUT2D eigenvalue weighted by Crippen LogP contribution is 2.53. The van der Waals surface area contributed by atoms with Crippen molar-refractivity contribution >= 4 is 14.1 Å². The van der Waals surface area contributed by atoms with Gasteiger partial charge in [0.1, 0.15) is 11.5 Å². The number of rotatable bonds is 8. The van der Waals surface area contributed by atoms with E-state index in [1.54, 1.807) is 14.2 Å². The molecule has 1 atom stereocenters. The van der Waals surface area contributed by atoms with E-state index in [0.717, 1.165) is 30.8 Å². The van der Waals surface area contributed by atoms with Crippen molar-refractivity contribution in [1.82, 2.24) is 0 Å². The second-order valence-corrected chi connectivity index (χ2v) is 15.4. The molecule has 0 aliphatic heterocycles. The fraction of sp³-hybridized carbons (Fsp3) is 0.481. The Labute approximate surface area is 184 Å². The first-order valence-corrected chi connectivity index (χ1v) is 14.8. The lowest BCUT2D eigenvalue weighted by molar-refractivity contribution is 0.384. The van der Waals surface area contributed by atoms with Gasteiger partial charge >= 0.3 is 0 Å². The quantitative estimate of drug-likeness (QED) is 0.413. The molecule has 0 aromatic heterocycles. The molecule has 3 rings (SSSR count). The lowest BCUT2D eigenvalue weighted by Crippen LogP contribution is -2.37. The summed E-state index contributed by atoms with van der Waals surface area (Å²) in [5, 5.41) is 0. The smallest absolute Gasteiger partial charge is 0.123 e. The van der Waals surface area contributed by atoms with Crippen molar-refractivity contribution in [2.45, 2.75) is 70.6 Å². The molecular weight excluding hydrogens is 384 g/mol. The zero-order valence-electron chi connectivity index (χ0n) is 20.1. The van der Waals surface area contributed by atoms with Crippen LogP contribution in [0.5, 0.6) is 11.5 Å². The third kappa shape index (κ3) is 3.97. The minimum Gasteiger partial charge on any atom is -0.496 e. The second kappa shape index (κ2) is 8.62. The van der Waals surface area contributed by atoms with Gasteiger partial charge in [0.15, 0.2) is 0 Å². The molecule has 0 saturated carbocycles. The average Bonchev–Trinajstić information content (AvgIpc) is 3.12. The Morgan fingerprint density at radius 3 is 2.17 bits per heavy atom. The number of unbranched alkanes of at least 4 members (excludes halogenated alkanes) is 1. The third-order valence-electron chi connectivity index (χ3n) is 6.59. The van der Waals surface area contributed by atoms with Crippen LogP contribution in [0.4, 0.5) is 0 Å². The number of allylic oxidation sites excluding steroid dienone is 1. The number of methoxy groups -OCH3 is 2. The maximum Gasteiger partial charge on any atom is 0.123 e. The summed E-state index contributed by atoms with van der Waals surface area (Å²) in [5.41, 5.74) is 7.33. The summed E-state index contributed by atoms with van der Waals surface area (Å²) in [6.07, 6.45) is 5.77. The van der Waals surface area contributed by atoms with Crippen LogP contribution >= 0.6 is 0 Å². The van der Waals surface area contributed by atoms with Crippen molar-refractivity contribution in [3.05, 3.63) is 64.2 Å². The Kier molecular flexibility index (Phi) is 6.52. The predicted octanol–water partition coefficient (Wildman–Crippen LogP) is 7.38. The monoisotopic (exact) mass is 422 g/mol.